The molecule has 126 valence electrons. The molecular formula is C17H19FN4OS. The van der Waals surface area contributed by atoms with E-state index < -0.39 is 6.04 Å². The first-order valence-corrected chi connectivity index (χ1v) is 8.52. The number of nitrogens with two attached hydrogens (primary N) is 1. The van der Waals surface area contributed by atoms with Crippen LogP contribution in [0.25, 0.3) is 10.2 Å². The molecule has 0 bridgehead atoms. The van der Waals surface area contributed by atoms with Gasteiger partial charge in [-0.2, -0.15) is 4.37 Å². The molecule has 0 aliphatic heterocycles. The van der Waals surface area contributed by atoms with E-state index in [9.17, 15) is 9.18 Å². The largest absolute Gasteiger partial charge is 0.321 e. The molecule has 0 saturated heterocycles. The molecule has 24 heavy (non-hydrogen) atoms. The second-order valence-corrected chi connectivity index (χ2v) is 6.96. The summed E-state index contributed by atoms with van der Waals surface area (Å²) in [6, 6.07) is 5.81. The predicted octanol–water partition coefficient (Wildman–Crippen LogP) is 3.00. The minimum Gasteiger partial charge on any atom is -0.321 e. The van der Waals surface area contributed by atoms with Crippen molar-refractivity contribution in [2.24, 2.45) is 11.7 Å². The third kappa shape index (κ3) is 2.97. The summed E-state index contributed by atoms with van der Waals surface area (Å²) in [5, 5.41) is 0.510. The summed E-state index contributed by atoms with van der Waals surface area (Å²) in [6.07, 6.45) is 0. The van der Waals surface area contributed by atoms with E-state index in [4.69, 9.17) is 5.73 Å². The maximum absolute atomic E-state index is 13.5. The van der Waals surface area contributed by atoms with Crippen molar-refractivity contribution in [3.63, 3.8) is 0 Å². The summed E-state index contributed by atoms with van der Waals surface area (Å²) in [5.74, 6) is 0.287. The van der Waals surface area contributed by atoms with E-state index in [0.717, 1.165) is 0 Å². The summed E-state index contributed by atoms with van der Waals surface area (Å²) in [4.78, 5) is 18.2. The molecule has 1 unspecified atom stereocenters. The molecule has 0 aliphatic rings. The number of hydrogen-bond donors (Lipinski definition) is 1. The number of rotatable bonds is 4. The maximum Gasteiger partial charge on any atom is 0.264 e. The molecule has 3 aromatic rings. The highest BCUT2D eigenvalue weighted by atomic mass is 32.1. The molecule has 0 aliphatic carbocycles. The van der Waals surface area contributed by atoms with Gasteiger partial charge in [-0.25, -0.2) is 9.37 Å². The number of aromatic nitrogens is 3. The van der Waals surface area contributed by atoms with Gasteiger partial charge in [-0.3, -0.25) is 9.36 Å². The lowest BCUT2D eigenvalue weighted by Gasteiger charge is -2.20. The summed E-state index contributed by atoms with van der Waals surface area (Å²) in [5.41, 5.74) is 7.45. The van der Waals surface area contributed by atoms with E-state index in [1.807, 2.05) is 13.8 Å². The zero-order chi connectivity index (χ0) is 17.4. The fraction of sp³-hybridized carbons (Fsp3) is 0.353. The van der Waals surface area contributed by atoms with Gasteiger partial charge < -0.3 is 5.73 Å². The zero-order valence-corrected chi connectivity index (χ0v) is 14.6. The summed E-state index contributed by atoms with van der Waals surface area (Å²) >= 11 is 1.20. The van der Waals surface area contributed by atoms with Crippen LogP contribution in [0, 0.1) is 18.7 Å². The van der Waals surface area contributed by atoms with Crippen LogP contribution in [0.5, 0.6) is 0 Å². The predicted molar refractivity (Wildman–Crippen MR) is 93.7 cm³/mol. The molecular weight excluding hydrogens is 327 g/mol. The van der Waals surface area contributed by atoms with Gasteiger partial charge in [0.25, 0.3) is 5.56 Å². The van der Waals surface area contributed by atoms with Crippen LogP contribution in [0.2, 0.25) is 0 Å². The number of aryl methyl sites for hydroxylation is 1. The number of benzene rings is 1. The van der Waals surface area contributed by atoms with Gasteiger partial charge in [0.15, 0.2) is 4.83 Å². The van der Waals surface area contributed by atoms with Gasteiger partial charge in [-0.05, 0) is 42.1 Å². The third-order valence-corrected chi connectivity index (χ3v) is 4.88. The first-order chi connectivity index (χ1) is 11.4. The smallest absolute Gasteiger partial charge is 0.264 e. The Kier molecular flexibility index (Phi) is 4.47. The minimum atomic E-state index is -0.391. The van der Waals surface area contributed by atoms with E-state index in [2.05, 4.69) is 9.36 Å². The fourth-order valence-corrected chi connectivity index (χ4v) is 3.38. The van der Waals surface area contributed by atoms with Gasteiger partial charge in [-0.15, -0.1) is 0 Å². The Morgan fingerprint density at radius 3 is 2.79 bits per heavy atom. The molecule has 1 atom stereocenters. The minimum absolute atomic E-state index is 0.113. The summed E-state index contributed by atoms with van der Waals surface area (Å²) < 4.78 is 19.3. The van der Waals surface area contributed by atoms with Crippen LogP contribution in [0.1, 0.15) is 37.0 Å². The van der Waals surface area contributed by atoms with E-state index in [-0.39, 0.29) is 23.8 Å². The van der Waals surface area contributed by atoms with Crippen LogP contribution in [-0.2, 0) is 6.54 Å². The third-order valence-electron chi connectivity index (χ3n) is 4.04. The van der Waals surface area contributed by atoms with E-state index in [0.29, 0.717) is 27.3 Å². The van der Waals surface area contributed by atoms with Crippen LogP contribution in [0.15, 0.2) is 29.1 Å². The van der Waals surface area contributed by atoms with Crippen molar-refractivity contribution in [3.8, 4) is 0 Å². The molecule has 2 aromatic heterocycles. The van der Waals surface area contributed by atoms with Crippen molar-refractivity contribution in [2.75, 3.05) is 0 Å². The Morgan fingerprint density at radius 1 is 1.38 bits per heavy atom. The highest BCUT2D eigenvalue weighted by Crippen LogP contribution is 2.22. The van der Waals surface area contributed by atoms with Gasteiger partial charge in [-0.1, -0.05) is 26.0 Å². The summed E-state index contributed by atoms with van der Waals surface area (Å²) in [7, 11) is 0. The highest BCUT2D eigenvalue weighted by molar-refractivity contribution is 7.12. The Bertz CT molecular complexity index is 947. The number of hydrogen-bond acceptors (Lipinski definition) is 5. The lowest BCUT2D eigenvalue weighted by Crippen LogP contribution is -2.32. The molecule has 2 N–H and O–H groups in total. The van der Waals surface area contributed by atoms with Crippen molar-refractivity contribution in [3.05, 3.63) is 57.5 Å². The van der Waals surface area contributed by atoms with Crippen molar-refractivity contribution in [1.82, 2.24) is 13.9 Å². The first-order valence-electron chi connectivity index (χ1n) is 7.75. The second kappa shape index (κ2) is 6.41. The SMILES string of the molecule is Cc1nsc2nc(C(N)C(C)C)n(Cc3cccc(F)c3)c(=O)c12. The van der Waals surface area contributed by atoms with E-state index in [1.54, 1.807) is 23.6 Å². The van der Waals surface area contributed by atoms with E-state index in [1.165, 1.54) is 23.7 Å². The normalized spacial score (nSPS) is 12.9. The van der Waals surface area contributed by atoms with Crippen molar-refractivity contribution in [2.45, 2.75) is 33.4 Å². The molecule has 7 heteroatoms. The molecule has 1 aromatic carbocycles. The average Bonchev–Trinajstić information content (AvgIpc) is 2.90. The van der Waals surface area contributed by atoms with Gasteiger partial charge in [0.05, 0.1) is 23.7 Å². The molecule has 0 radical (unpaired) electrons. The maximum atomic E-state index is 13.5. The molecule has 0 amide bonds. The fourth-order valence-electron chi connectivity index (χ4n) is 2.61. The first kappa shape index (κ1) is 16.7. The lowest BCUT2D eigenvalue weighted by molar-refractivity contribution is 0.463. The Balaban J connectivity index is 2.22. The molecule has 5 nitrogen and oxygen atoms in total. The van der Waals surface area contributed by atoms with Crippen LogP contribution in [0.3, 0.4) is 0 Å². The standard InChI is InChI=1S/C17H19FN4OS/c1-9(2)14(19)15-20-16-13(10(3)21-24-16)17(23)22(15)8-11-5-4-6-12(18)7-11/h4-7,9,14H,8,19H2,1-3H3. The molecule has 0 saturated carbocycles. The monoisotopic (exact) mass is 346 g/mol. The van der Waals surface area contributed by atoms with Gasteiger partial charge in [0, 0.05) is 0 Å². The van der Waals surface area contributed by atoms with Gasteiger partial charge >= 0.3 is 0 Å². The van der Waals surface area contributed by atoms with Crippen LogP contribution in [0.4, 0.5) is 4.39 Å². The zero-order valence-electron chi connectivity index (χ0n) is 13.8. The second-order valence-electron chi connectivity index (χ2n) is 6.21. The molecule has 3 rings (SSSR count). The highest BCUT2D eigenvalue weighted by Gasteiger charge is 2.22. The Hall–Kier alpha value is -2.12. The molecule has 2 heterocycles. The van der Waals surface area contributed by atoms with E-state index >= 15 is 0 Å². The Morgan fingerprint density at radius 2 is 2.12 bits per heavy atom. The van der Waals surface area contributed by atoms with Crippen LogP contribution in [-0.4, -0.2) is 13.9 Å². The number of halogens is 1. The van der Waals surface area contributed by atoms with Crippen molar-refractivity contribution >= 4 is 21.7 Å². The topological polar surface area (TPSA) is 73.8 Å². The molecule has 0 fully saturated rings. The van der Waals surface area contributed by atoms with Crippen LogP contribution < -0.4 is 11.3 Å². The number of nitrogens with zero attached hydrogens (tertiary/aromatic N) is 3. The van der Waals surface area contributed by atoms with Crippen LogP contribution >= 0.6 is 11.5 Å². The Labute approximate surface area is 143 Å². The average molecular weight is 346 g/mol. The van der Waals surface area contributed by atoms with Gasteiger partial charge in [0.1, 0.15) is 11.6 Å². The number of fused-ring (bicyclic) bond motifs is 1. The van der Waals surface area contributed by atoms with Gasteiger partial charge in [0.2, 0.25) is 0 Å². The summed E-state index contributed by atoms with van der Waals surface area (Å²) in [6.45, 7) is 5.97. The van der Waals surface area contributed by atoms with Crippen molar-refractivity contribution < 1.29 is 4.39 Å². The molecule has 0 spiro atoms. The quantitative estimate of drug-likeness (QED) is 0.788. The van der Waals surface area contributed by atoms with Crippen molar-refractivity contribution in [1.29, 1.82) is 0 Å². The lowest BCUT2D eigenvalue weighted by atomic mass is 10.0.